The lowest BCUT2D eigenvalue weighted by Gasteiger charge is -2.16. The minimum absolute atomic E-state index is 0.0143. The number of anilines is 1. The topological polar surface area (TPSA) is 94.6 Å². The molecule has 2 amide bonds. The minimum Gasteiger partial charge on any atom is -0.390 e. The van der Waals surface area contributed by atoms with Gasteiger partial charge in [-0.1, -0.05) is 18.2 Å². The Morgan fingerprint density at radius 3 is 2.74 bits per heavy atom. The third-order valence-electron chi connectivity index (χ3n) is 3.13. The zero-order chi connectivity index (χ0) is 16.8. The molecule has 0 aliphatic rings. The summed E-state index contributed by atoms with van der Waals surface area (Å²) in [5, 5.41) is 15.4. The fraction of sp³-hybridized carbons (Fsp3) is 0.312. The molecule has 0 aliphatic heterocycles. The van der Waals surface area contributed by atoms with E-state index in [0.29, 0.717) is 12.2 Å². The summed E-state index contributed by atoms with van der Waals surface area (Å²) >= 11 is 0. The Kier molecular flexibility index (Phi) is 5.61. The van der Waals surface area contributed by atoms with Gasteiger partial charge in [-0.2, -0.15) is 0 Å². The highest BCUT2D eigenvalue weighted by Gasteiger charge is 2.15. The van der Waals surface area contributed by atoms with Crippen LogP contribution in [0, 0.1) is 0 Å². The normalized spacial score (nSPS) is 12.2. The van der Waals surface area contributed by atoms with Gasteiger partial charge in [0.2, 0.25) is 0 Å². The quantitative estimate of drug-likeness (QED) is 0.686. The van der Waals surface area contributed by atoms with E-state index in [1.807, 2.05) is 38.4 Å². The molecule has 0 spiro atoms. The molecular weight excluding hydrogens is 296 g/mol. The van der Waals surface area contributed by atoms with Crippen molar-refractivity contribution in [2.24, 2.45) is 0 Å². The molecule has 0 unspecified atom stereocenters. The van der Waals surface area contributed by atoms with Crippen LogP contribution in [0.5, 0.6) is 0 Å². The summed E-state index contributed by atoms with van der Waals surface area (Å²) in [6.07, 6.45) is 0.762. The van der Waals surface area contributed by atoms with Crippen LogP contribution < -0.4 is 10.6 Å². The van der Waals surface area contributed by atoms with Crippen molar-refractivity contribution in [1.29, 1.82) is 0 Å². The highest BCUT2D eigenvalue weighted by molar-refractivity contribution is 6.39. The fourth-order valence-corrected chi connectivity index (χ4v) is 2.10. The first-order valence-corrected chi connectivity index (χ1v) is 7.22. The molecule has 23 heavy (non-hydrogen) atoms. The van der Waals surface area contributed by atoms with Gasteiger partial charge in [-0.15, -0.1) is 0 Å². The van der Waals surface area contributed by atoms with Crippen LogP contribution in [0.25, 0.3) is 10.9 Å². The van der Waals surface area contributed by atoms with Crippen molar-refractivity contribution in [2.45, 2.75) is 6.10 Å². The number of benzene rings is 1. The Bertz CT molecular complexity index is 703. The predicted molar refractivity (Wildman–Crippen MR) is 87.9 cm³/mol. The summed E-state index contributed by atoms with van der Waals surface area (Å²) in [5.74, 6) is -1.59. The number of fused-ring (bicyclic) bond motifs is 1. The summed E-state index contributed by atoms with van der Waals surface area (Å²) in [4.78, 5) is 29.6. The van der Waals surface area contributed by atoms with Crippen molar-refractivity contribution in [2.75, 3.05) is 32.5 Å². The average Bonchev–Trinajstić information content (AvgIpc) is 2.51. The van der Waals surface area contributed by atoms with E-state index in [2.05, 4.69) is 15.6 Å². The van der Waals surface area contributed by atoms with E-state index in [-0.39, 0.29) is 6.54 Å². The molecule has 0 saturated heterocycles. The number of carbonyl (C=O) groups is 2. The van der Waals surface area contributed by atoms with Gasteiger partial charge in [-0.25, -0.2) is 0 Å². The van der Waals surface area contributed by atoms with Crippen LogP contribution in [-0.2, 0) is 9.59 Å². The maximum absolute atomic E-state index is 11.8. The third-order valence-corrected chi connectivity index (χ3v) is 3.13. The van der Waals surface area contributed by atoms with Crippen LogP contribution in [0.4, 0.5) is 5.69 Å². The van der Waals surface area contributed by atoms with Gasteiger partial charge in [0.1, 0.15) is 0 Å². The lowest BCUT2D eigenvalue weighted by atomic mass is 10.2. The molecule has 122 valence electrons. The van der Waals surface area contributed by atoms with Gasteiger partial charge in [0.15, 0.2) is 0 Å². The first-order chi connectivity index (χ1) is 11.0. The number of para-hydroxylation sites is 1. The molecule has 0 saturated carbocycles. The standard InChI is InChI=1S/C16H20N4O3/c1-20(2)10-13(21)9-18-15(22)16(23)19-12-7-11-5-3-4-6-14(11)17-8-12/h3-8,13,21H,9-10H2,1-2H3,(H,18,22)(H,19,23)/t13-/m1/s1. The summed E-state index contributed by atoms with van der Waals surface area (Å²) in [6, 6.07) is 9.22. The SMILES string of the molecule is CN(C)C[C@H](O)CNC(=O)C(=O)Nc1cnc2ccccc2c1. The van der Waals surface area contributed by atoms with Crippen LogP contribution >= 0.6 is 0 Å². The zero-order valence-electron chi connectivity index (χ0n) is 13.1. The van der Waals surface area contributed by atoms with Crippen molar-refractivity contribution >= 4 is 28.4 Å². The molecule has 2 aromatic rings. The molecule has 0 radical (unpaired) electrons. The molecule has 3 N–H and O–H groups in total. The third kappa shape index (κ3) is 5.01. The lowest BCUT2D eigenvalue weighted by molar-refractivity contribution is -0.136. The van der Waals surface area contributed by atoms with Crippen molar-refractivity contribution in [3.63, 3.8) is 0 Å². The van der Waals surface area contributed by atoms with E-state index in [1.54, 1.807) is 11.0 Å². The smallest absolute Gasteiger partial charge is 0.313 e. The van der Waals surface area contributed by atoms with Gasteiger partial charge in [0.05, 0.1) is 23.5 Å². The number of hydrogen-bond donors (Lipinski definition) is 3. The molecule has 7 nitrogen and oxygen atoms in total. The van der Waals surface area contributed by atoms with Crippen LogP contribution in [0.15, 0.2) is 36.5 Å². The number of rotatable bonds is 5. The van der Waals surface area contributed by atoms with Gasteiger partial charge in [0.25, 0.3) is 0 Å². The molecule has 7 heteroatoms. The van der Waals surface area contributed by atoms with Crippen molar-refractivity contribution in [3.8, 4) is 0 Å². The summed E-state index contributed by atoms with van der Waals surface area (Å²) in [6.45, 7) is 0.414. The second kappa shape index (κ2) is 7.66. The Hall–Kier alpha value is -2.51. The number of nitrogens with one attached hydrogen (secondary N) is 2. The molecule has 1 aromatic carbocycles. The molecular formula is C16H20N4O3. The predicted octanol–water partition coefficient (Wildman–Crippen LogP) is 0.212. The van der Waals surface area contributed by atoms with Crippen molar-refractivity contribution in [3.05, 3.63) is 36.5 Å². The van der Waals surface area contributed by atoms with E-state index in [0.717, 1.165) is 10.9 Å². The monoisotopic (exact) mass is 316 g/mol. The van der Waals surface area contributed by atoms with E-state index < -0.39 is 17.9 Å². The minimum atomic E-state index is -0.795. The van der Waals surface area contributed by atoms with E-state index >= 15 is 0 Å². The van der Waals surface area contributed by atoms with Gasteiger partial charge < -0.3 is 20.6 Å². The second-order valence-corrected chi connectivity index (χ2v) is 5.50. The Labute approximate surface area is 134 Å². The van der Waals surface area contributed by atoms with Crippen molar-refractivity contribution < 1.29 is 14.7 Å². The Morgan fingerprint density at radius 2 is 2.00 bits per heavy atom. The number of amides is 2. The Balaban J connectivity index is 1.90. The molecule has 1 aromatic heterocycles. The molecule has 0 bridgehead atoms. The molecule has 0 aliphatic carbocycles. The number of pyridine rings is 1. The highest BCUT2D eigenvalue weighted by atomic mass is 16.3. The van der Waals surface area contributed by atoms with E-state index in [1.165, 1.54) is 6.20 Å². The zero-order valence-corrected chi connectivity index (χ0v) is 13.1. The fourth-order valence-electron chi connectivity index (χ4n) is 2.10. The number of likely N-dealkylation sites (N-methyl/N-ethyl adjacent to an activating group) is 1. The van der Waals surface area contributed by atoms with Crippen LogP contribution in [0.1, 0.15) is 0 Å². The van der Waals surface area contributed by atoms with Gasteiger partial charge in [-0.05, 0) is 26.2 Å². The molecule has 1 atom stereocenters. The first-order valence-electron chi connectivity index (χ1n) is 7.22. The van der Waals surface area contributed by atoms with E-state index in [9.17, 15) is 14.7 Å². The highest BCUT2D eigenvalue weighted by Crippen LogP contribution is 2.15. The number of aliphatic hydroxyl groups is 1. The number of aromatic nitrogens is 1. The van der Waals surface area contributed by atoms with Crippen molar-refractivity contribution in [1.82, 2.24) is 15.2 Å². The Morgan fingerprint density at radius 1 is 1.26 bits per heavy atom. The summed E-state index contributed by atoms with van der Waals surface area (Å²) in [5.41, 5.74) is 1.25. The van der Waals surface area contributed by atoms with Gasteiger partial charge >= 0.3 is 11.8 Å². The van der Waals surface area contributed by atoms with Crippen LogP contribution in [0.2, 0.25) is 0 Å². The summed E-state index contributed by atoms with van der Waals surface area (Å²) in [7, 11) is 3.62. The average molecular weight is 316 g/mol. The first kappa shape index (κ1) is 16.9. The molecule has 1 heterocycles. The lowest BCUT2D eigenvalue weighted by Crippen LogP contribution is -2.42. The second-order valence-electron chi connectivity index (χ2n) is 5.50. The van der Waals surface area contributed by atoms with Gasteiger partial charge in [-0.3, -0.25) is 14.6 Å². The van der Waals surface area contributed by atoms with Crippen LogP contribution in [-0.4, -0.2) is 60.1 Å². The number of aliphatic hydroxyl groups excluding tert-OH is 1. The maximum atomic E-state index is 11.8. The molecule has 2 rings (SSSR count). The van der Waals surface area contributed by atoms with E-state index in [4.69, 9.17) is 0 Å². The molecule has 0 fully saturated rings. The number of carbonyl (C=O) groups excluding carboxylic acids is 2. The largest absolute Gasteiger partial charge is 0.390 e. The number of nitrogens with zero attached hydrogens (tertiary/aromatic N) is 2. The summed E-state index contributed by atoms with van der Waals surface area (Å²) < 4.78 is 0. The maximum Gasteiger partial charge on any atom is 0.313 e. The number of hydrogen-bond acceptors (Lipinski definition) is 5. The van der Waals surface area contributed by atoms with Crippen LogP contribution in [0.3, 0.4) is 0 Å². The van der Waals surface area contributed by atoms with Gasteiger partial charge in [0, 0.05) is 18.5 Å².